The Bertz CT molecular complexity index is 1180. The molecule has 28 heavy (non-hydrogen) atoms. The molecule has 0 aliphatic rings. The Morgan fingerprint density at radius 2 is 1.46 bits per heavy atom. The predicted molar refractivity (Wildman–Crippen MR) is 110 cm³/mol. The predicted octanol–water partition coefficient (Wildman–Crippen LogP) is 5.06. The van der Waals surface area contributed by atoms with Gasteiger partial charge in [-0.15, -0.1) is 0 Å². The van der Waals surface area contributed by atoms with Crippen molar-refractivity contribution >= 4 is 20.7 Å². The number of hydrogen-bond acceptors (Lipinski definition) is 3. The maximum Gasteiger partial charge on any atom is 0.208 e. The molecule has 1 unspecified atom stereocenters. The molecular weight excluding hydrogens is 370 g/mol. The van der Waals surface area contributed by atoms with Gasteiger partial charge in [0.15, 0.2) is 6.23 Å². The number of fused-ring (bicyclic) bond motifs is 1. The van der Waals surface area contributed by atoms with Crippen molar-refractivity contribution in [2.24, 2.45) is 0 Å². The molecule has 0 saturated carbocycles. The van der Waals surface area contributed by atoms with Gasteiger partial charge in [0, 0.05) is 23.8 Å². The first kappa shape index (κ1) is 18.5. The second kappa shape index (κ2) is 7.62. The molecule has 0 aliphatic carbocycles. The van der Waals surface area contributed by atoms with Crippen LogP contribution in [0.2, 0.25) is 0 Å². The Kier molecular flexibility index (Phi) is 5.03. The number of benzene rings is 3. The van der Waals surface area contributed by atoms with Gasteiger partial charge in [0.05, 0.1) is 15.3 Å². The van der Waals surface area contributed by atoms with Crippen LogP contribution in [0.1, 0.15) is 18.7 Å². The van der Waals surface area contributed by atoms with Crippen molar-refractivity contribution in [1.82, 2.24) is 4.57 Å². The highest BCUT2D eigenvalue weighted by Crippen LogP contribution is 2.34. The minimum Gasteiger partial charge on any atom is -0.354 e. The molecule has 3 aromatic carbocycles. The third-order valence-corrected chi connectivity index (χ3v) is 6.51. The highest BCUT2D eigenvalue weighted by atomic mass is 32.2. The van der Waals surface area contributed by atoms with E-state index in [1.54, 1.807) is 30.5 Å². The first-order valence-electron chi connectivity index (χ1n) is 9.19. The van der Waals surface area contributed by atoms with E-state index in [-0.39, 0.29) is 9.79 Å². The fourth-order valence-electron chi connectivity index (χ4n) is 3.42. The average molecular weight is 391 g/mol. The zero-order chi connectivity index (χ0) is 19.6. The van der Waals surface area contributed by atoms with Gasteiger partial charge in [0.25, 0.3) is 0 Å². The van der Waals surface area contributed by atoms with Crippen LogP contribution in [0.5, 0.6) is 0 Å². The molecule has 1 atom stereocenters. The maximum absolute atomic E-state index is 13.3. The summed E-state index contributed by atoms with van der Waals surface area (Å²) < 4.78 is 34.6. The van der Waals surface area contributed by atoms with E-state index in [0.29, 0.717) is 12.0 Å². The summed E-state index contributed by atoms with van der Waals surface area (Å²) in [5.74, 6) is 0. The number of rotatable bonds is 6. The average Bonchev–Trinajstić information content (AvgIpc) is 3.13. The van der Waals surface area contributed by atoms with Gasteiger partial charge in [-0.25, -0.2) is 8.42 Å². The first-order valence-corrected chi connectivity index (χ1v) is 10.7. The van der Waals surface area contributed by atoms with Crippen molar-refractivity contribution in [3.8, 4) is 0 Å². The van der Waals surface area contributed by atoms with Crippen LogP contribution in [0, 0.1) is 0 Å². The number of para-hydroxylation sites is 1. The van der Waals surface area contributed by atoms with E-state index in [1.165, 1.54) is 0 Å². The summed E-state index contributed by atoms with van der Waals surface area (Å²) in [6.07, 6.45) is 1.29. The normalized spacial score (nSPS) is 12.9. The smallest absolute Gasteiger partial charge is 0.208 e. The van der Waals surface area contributed by atoms with Crippen molar-refractivity contribution in [3.05, 3.63) is 96.7 Å². The Hall–Kier alpha value is -2.89. The number of aromatic nitrogens is 1. The molecule has 0 saturated heterocycles. The standard InChI is InChI=1S/C23H21NO3S/c1-2-27-23(18-11-5-3-6-12-18)24-17-22(20-15-9-10-16-21(20)24)28(25,26)19-13-7-4-8-14-19/h3-17,23H,2H2,1H3. The van der Waals surface area contributed by atoms with E-state index in [1.807, 2.05) is 72.2 Å². The van der Waals surface area contributed by atoms with Crippen LogP contribution < -0.4 is 0 Å². The zero-order valence-electron chi connectivity index (χ0n) is 15.5. The lowest BCUT2D eigenvalue weighted by atomic mass is 10.2. The summed E-state index contributed by atoms with van der Waals surface area (Å²) in [6.45, 7) is 2.44. The monoisotopic (exact) mass is 391 g/mol. The quantitative estimate of drug-likeness (QED) is 0.462. The van der Waals surface area contributed by atoms with Gasteiger partial charge in [0.1, 0.15) is 0 Å². The Morgan fingerprint density at radius 1 is 0.857 bits per heavy atom. The summed E-state index contributed by atoms with van der Waals surface area (Å²) >= 11 is 0. The lowest BCUT2D eigenvalue weighted by Gasteiger charge is -2.20. The lowest BCUT2D eigenvalue weighted by molar-refractivity contribution is 0.0440. The molecule has 0 spiro atoms. The molecule has 0 bridgehead atoms. The molecular formula is C23H21NO3S. The van der Waals surface area contributed by atoms with Gasteiger partial charge in [-0.1, -0.05) is 66.7 Å². The number of nitrogens with zero attached hydrogens (tertiary/aromatic N) is 1. The van der Waals surface area contributed by atoms with Crippen molar-refractivity contribution in [2.75, 3.05) is 6.61 Å². The zero-order valence-corrected chi connectivity index (χ0v) is 16.3. The van der Waals surface area contributed by atoms with Gasteiger partial charge in [-0.3, -0.25) is 0 Å². The van der Waals surface area contributed by atoms with E-state index >= 15 is 0 Å². The van der Waals surface area contributed by atoms with Gasteiger partial charge in [0.2, 0.25) is 9.84 Å². The van der Waals surface area contributed by atoms with Crippen molar-refractivity contribution < 1.29 is 13.2 Å². The number of hydrogen-bond donors (Lipinski definition) is 0. The highest BCUT2D eigenvalue weighted by molar-refractivity contribution is 7.91. The van der Waals surface area contributed by atoms with Crippen LogP contribution in [0.25, 0.3) is 10.9 Å². The topological polar surface area (TPSA) is 48.3 Å². The van der Waals surface area contributed by atoms with Crippen molar-refractivity contribution in [3.63, 3.8) is 0 Å². The molecule has 0 radical (unpaired) electrons. The summed E-state index contributed by atoms with van der Waals surface area (Å²) in [7, 11) is -3.65. The molecule has 5 heteroatoms. The molecule has 4 rings (SSSR count). The van der Waals surface area contributed by atoms with Crippen LogP contribution in [-0.4, -0.2) is 19.6 Å². The van der Waals surface area contributed by atoms with Crippen LogP contribution in [0.3, 0.4) is 0 Å². The minimum atomic E-state index is -3.65. The van der Waals surface area contributed by atoms with Gasteiger partial charge in [-0.05, 0) is 25.1 Å². The van der Waals surface area contributed by atoms with Crippen LogP contribution in [0.15, 0.2) is 101 Å². The Balaban J connectivity index is 1.94. The molecule has 4 nitrogen and oxygen atoms in total. The van der Waals surface area contributed by atoms with Crippen molar-refractivity contribution in [1.29, 1.82) is 0 Å². The van der Waals surface area contributed by atoms with Gasteiger partial charge < -0.3 is 9.30 Å². The van der Waals surface area contributed by atoms with Crippen LogP contribution >= 0.6 is 0 Å². The molecule has 0 aliphatic heterocycles. The molecule has 142 valence electrons. The van der Waals surface area contributed by atoms with Crippen LogP contribution in [0.4, 0.5) is 0 Å². The molecule has 0 fully saturated rings. The largest absolute Gasteiger partial charge is 0.354 e. The second-order valence-electron chi connectivity index (χ2n) is 6.45. The third kappa shape index (κ3) is 3.23. The van der Waals surface area contributed by atoms with E-state index < -0.39 is 16.1 Å². The summed E-state index contributed by atoms with van der Waals surface area (Å²) in [5.41, 5.74) is 1.79. The number of sulfone groups is 1. The third-order valence-electron chi connectivity index (χ3n) is 4.71. The lowest BCUT2D eigenvalue weighted by Crippen LogP contribution is -2.13. The van der Waals surface area contributed by atoms with E-state index in [4.69, 9.17) is 4.74 Å². The summed E-state index contributed by atoms with van der Waals surface area (Å²) in [5, 5.41) is 0.687. The molecule has 0 amide bonds. The Labute approximate surface area is 164 Å². The number of ether oxygens (including phenoxy) is 1. The molecule has 0 N–H and O–H groups in total. The van der Waals surface area contributed by atoms with E-state index in [2.05, 4.69) is 0 Å². The van der Waals surface area contributed by atoms with E-state index in [0.717, 1.165) is 11.1 Å². The fraction of sp³-hybridized carbons (Fsp3) is 0.130. The summed E-state index contributed by atoms with van der Waals surface area (Å²) in [4.78, 5) is 0.570. The summed E-state index contributed by atoms with van der Waals surface area (Å²) in [6, 6.07) is 25.9. The minimum absolute atomic E-state index is 0.283. The van der Waals surface area contributed by atoms with Crippen molar-refractivity contribution in [2.45, 2.75) is 22.9 Å². The maximum atomic E-state index is 13.3. The second-order valence-corrected chi connectivity index (χ2v) is 8.37. The molecule has 4 aromatic rings. The van der Waals surface area contributed by atoms with Gasteiger partial charge >= 0.3 is 0 Å². The van der Waals surface area contributed by atoms with Crippen LogP contribution in [-0.2, 0) is 14.6 Å². The molecule has 1 aromatic heterocycles. The highest BCUT2D eigenvalue weighted by Gasteiger charge is 2.26. The molecule has 1 heterocycles. The SMILES string of the molecule is CCOC(c1ccccc1)n1cc(S(=O)(=O)c2ccccc2)c2ccccc21. The Morgan fingerprint density at radius 3 is 2.14 bits per heavy atom. The van der Waals surface area contributed by atoms with Gasteiger partial charge in [-0.2, -0.15) is 0 Å². The first-order chi connectivity index (χ1) is 13.6. The fourth-order valence-corrected chi connectivity index (χ4v) is 4.90. The van der Waals surface area contributed by atoms with E-state index in [9.17, 15) is 8.42 Å².